The van der Waals surface area contributed by atoms with Crippen LogP contribution in [0.5, 0.6) is 0 Å². The van der Waals surface area contributed by atoms with E-state index in [9.17, 15) is 18.0 Å². The molecule has 0 aliphatic carbocycles. The molecule has 1 rings (SSSR count). The van der Waals surface area contributed by atoms with Crippen LogP contribution in [0, 0.1) is 0 Å². The van der Waals surface area contributed by atoms with Crippen LogP contribution in [0.1, 0.15) is 6.42 Å². The average Bonchev–Trinajstić information content (AvgIpc) is 2.26. The molecule has 0 saturated carbocycles. The van der Waals surface area contributed by atoms with Crippen LogP contribution >= 0.6 is 0 Å². The maximum Gasteiger partial charge on any atom is 0.305 e. The van der Waals surface area contributed by atoms with Crippen molar-refractivity contribution in [3.05, 3.63) is 0 Å². The standard InChI is InChI=1S/C10H18N2O6S/c1-18-5-8(11)10(15)12-2-3-19(16,17)6-7(12)4-9(13)14/h7-8H,2-6,11H2,1H3,(H,13,14). The summed E-state index contributed by atoms with van der Waals surface area (Å²) in [6.45, 7) is -0.0294. The number of carbonyl (C=O) groups is 2. The van der Waals surface area contributed by atoms with Crippen molar-refractivity contribution >= 4 is 21.7 Å². The minimum absolute atomic E-state index is 0.00186. The Hall–Kier alpha value is -1.19. The summed E-state index contributed by atoms with van der Waals surface area (Å²) in [5.41, 5.74) is 5.61. The number of nitrogens with two attached hydrogens (primary N) is 1. The van der Waals surface area contributed by atoms with E-state index in [2.05, 4.69) is 0 Å². The summed E-state index contributed by atoms with van der Waals surface area (Å²) in [6.07, 6.45) is -0.412. The van der Waals surface area contributed by atoms with Gasteiger partial charge in [-0.05, 0) is 0 Å². The Morgan fingerprint density at radius 3 is 2.68 bits per heavy atom. The molecule has 2 unspecified atom stereocenters. The normalized spacial score (nSPS) is 23.9. The van der Waals surface area contributed by atoms with Crippen LogP contribution in [0.4, 0.5) is 0 Å². The molecule has 9 heteroatoms. The van der Waals surface area contributed by atoms with Gasteiger partial charge in [0.1, 0.15) is 6.04 Å². The van der Waals surface area contributed by atoms with Crippen molar-refractivity contribution in [1.29, 1.82) is 0 Å². The van der Waals surface area contributed by atoms with E-state index in [1.165, 1.54) is 12.0 Å². The molecule has 1 heterocycles. The van der Waals surface area contributed by atoms with Gasteiger partial charge in [0.05, 0.1) is 30.6 Å². The summed E-state index contributed by atoms with van der Waals surface area (Å²) in [5.74, 6) is -2.15. The quantitative estimate of drug-likeness (QED) is 0.604. The van der Waals surface area contributed by atoms with E-state index in [1.54, 1.807) is 0 Å². The summed E-state index contributed by atoms with van der Waals surface area (Å²) in [5, 5.41) is 8.79. The Morgan fingerprint density at radius 2 is 2.16 bits per heavy atom. The SMILES string of the molecule is COCC(N)C(=O)N1CCS(=O)(=O)CC1CC(=O)O. The first-order valence-electron chi connectivity index (χ1n) is 5.74. The molecule has 1 amide bonds. The number of amides is 1. The van der Waals surface area contributed by atoms with Gasteiger partial charge in [0.15, 0.2) is 9.84 Å². The van der Waals surface area contributed by atoms with E-state index < -0.39 is 40.2 Å². The van der Waals surface area contributed by atoms with Crippen molar-refractivity contribution in [3.8, 4) is 0 Å². The van der Waals surface area contributed by atoms with E-state index in [0.717, 1.165) is 0 Å². The Bertz CT molecular complexity index is 449. The Balaban J connectivity index is 2.84. The molecule has 1 aliphatic heterocycles. The molecule has 1 saturated heterocycles. The lowest BCUT2D eigenvalue weighted by Gasteiger charge is -2.36. The number of sulfone groups is 1. The predicted molar refractivity (Wildman–Crippen MR) is 66.3 cm³/mol. The molecule has 0 aromatic rings. The first kappa shape index (κ1) is 15.9. The number of methoxy groups -OCH3 is 1. The third-order valence-electron chi connectivity index (χ3n) is 2.89. The predicted octanol–water partition coefficient (Wildman–Crippen LogP) is -1.94. The number of aliphatic carboxylic acids is 1. The number of hydrogen-bond donors (Lipinski definition) is 2. The molecule has 0 bridgehead atoms. The lowest BCUT2D eigenvalue weighted by atomic mass is 10.1. The van der Waals surface area contributed by atoms with Crippen molar-refractivity contribution in [2.24, 2.45) is 5.73 Å². The number of hydrogen-bond acceptors (Lipinski definition) is 6. The van der Waals surface area contributed by atoms with Gasteiger partial charge in [-0.25, -0.2) is 8.42 Å². The highest BCUT2D eigenvalue weighted by atomic mass is 32.2. The molecule has 0 aromatic heterocycles. The number of rotatable bonds is 5. The van der Waals surface area contributed by atoms with Gasteiger partial charge in [0.25, 0.3) is 0 Å². The third kappa shape index (κ3) is 4.44. The Kier molecular flexibility index (Phi) is 5.27. The zero-order chi connectivity index (χ0) is 14.6. The molecule has 19 heavy (non-hydrogen) atoms. The molecule has 3 N–H and O–H groups in total. The minimum Gasteiger partial charge on any atom is -0.481 e. The fraction of sp³-hybridized carbons (Fsp3) is 0.800. The summed E-state index contributed by atoms with van der Waals surface area (Å²) in [7, 11) is -1.92. The van der Waals surface area contributed by atoms with Crippen LogP contribution in [0.3, 0.4) is 0 Å². The van der Waals surface area contributed by atoms with Crippen molar-refractivity contribution < 1.29 is 27.9 Å². The molecule has 8 nitrogen and oxygen atoms in total. The molecular formula is C10H18N2O6S. The van der Waals surface area contributed by atoms with Crippen LogP contribution in [-0.4, -0.2) is 74.2 Å². The fourth-order valence-corrected chi connectivity index (χ4v) is 3.54. The van der Waals surface area contributed by atoms with Crippen LogP contribution < -0.4 is 5.73 Å². The fourth-order valence-electron chi connectivity index (χ4n) is 2.01. The zero-order valence-corrected chi connectivity index (χ0v) is 11.4. The first-order valence-corrected chi connectivity index (χ1v) is 7.56. The number of carboxylic acid groups (broad SMARTS) is 1. The van der Waals surface area contributed by atoms with Crippen molar-refractivity contribution in [2.75, 3.05) is 31.8 Å². The van der Waals surface area contributed by atoms with Crippen molar-refractivity contribution in [3.63, 3.8) is 0 Å². The van der Waals surface area contributed by atoms with E-state index in [4.69, 9.17) is 15.6 Å². The minimum atomic E-state index is -3.31. The van der Waals surface area contributed by atoms with Gasteiger partial charge in [0, 0.05) is 13.7 Å². The van der Waals surface area contributed by atoms with E-state index >= 15 is 0 Å². The Labute approximate surface area is 111 Å². The summed E-state index contributed by atoms with van der Waals surface area (Å²) < 4.78 is 27.8. The molecule has 110 valence electrons. The zero-order valence-electron chi connectivity index (χ0n) is 10.6. The summed E-state index contributed by atoms with van der Waals surface area (Å²) >= 11 is 0. The van der Waals surface area contributed by atoms with Crippen molar-refractivity contribution in [2.45, 2.75) is 18.5 Å². The van der Waals surface area contributed by atoms with E-state index in [0.29, 0.717) is 0 Å². The highest BCUT2D eigenvalue weighted by Gasteiger charge is 2.36. The van der Waals surface area contributed by atoms with Gasteiger partial charge in [-0.15, -0.1) is 0 Å². The molecule has 1 aliphatic rings. The molecule has 1 fully saturated rings. The Morgan fingerprint density at radius 1 is 1.53 bits per heavy atom. The second-order valence-corrected chi connectivity index (χ2v) is 6.69. The highest BCUT2D eigenvalue weighted by molar-refractivity contribution is 7.91. The van der Waals surface area contributed by atoms with Gasteiger partial charge < -0.3 is 20.5 Å². The topological polar surface area (TPSA) is 127 Å². The monoisotopic (exact) mass is 294 g/mol. The number of carbonyl (C=O) groups excluding carboxylic acids is 1. The number of carboxylic acids is 1. The molecule has 0 radical (unpaired) electrons. The van der Waals surface area contributed by atoms with Gasteiger partial charge in [-0.3, -0.25) is 9.59 Å². The smallest absolute Gasteiger partial charge is 0.305 e. The lowest BCUT2D eigenvalue weighted by molar-refractivity contribution is -0.141. The second kappa shape index (κ2) is 6.31. The van der Waals surface area contributed by atoms with Crippen molar-refractivity contribution in [1.82, 2.24) is 4.90 Å². The van der Waals surface area contributed by atoms with Crippen LogP contribution in [0.2, 0.25) is 0 Å². The van der Waals surface area contributed by atoms with E-state index in [1.807, 2.05) is 0 Å². The molecule has 0 spiro atoms. The molecular weight excluding hydrogens is 276 g/mol. The van der Waals surface area contributed by atoms with E-state index in [-0.39, 0.29) is 24.7 Å². The maximum atomic E-state index is 12.0. The van der Waals surface area contributed by atoms with Gasteiger partial charge in [0.2, 0.25) is 5.91 Å². The van der Waals surface area contributed by atoms with Gasteiger partial charge >= 0.3 is 5.97 Å². The summed E-state index contributed by atoms with van der Waals surface area (Å²) in [4.78, 5) is 24.0. The number of ether oxygens (including phenoxy) is 1. The molecule has 0 aromatic carbocycles. The lowest BCUT2D eigenvalue weighted by Crippen LogP contribution is -2.57. The first-order chi connectivity index (χ1) is 8.76. The molecule has 2 atom stereocenters. The van der Waals surface area contributed by atoms with Crippen LogP contribution in [0.25, 0.3) is 0 Å². The van der Waals surface area contributed by atoms with Gasteiger partial charge in [-0.2, -0.15) is 0 Å². The van der Waals surface area contributed by atoms with Gasteiger partial charge in [-0.1, -0.05) is 0 Å². The average molecular weight is 294 g/mol. The summed E-state index contributed by atoms with van der Waals surface area (Å²) in [6, 6.07) is -1.78. The third-order valence-corrected chi connectivity index (χ3v) is 4.58. The maximum absolute atomic E-state index is 12.0. The van der Waals surface area contributed by atoms with Crippen LogP contribution in [-0.2, 0) is 24.2 Å². The second-order valence-electron chi connectivity index (χ2n) is 4.46. The highest BCUT2D eigenvalue weighted by Crippen LogP contribution is 2.16. The van der Waals surface area contributed by atoms with Crippen LogP contribution in [0.15, 0.2) is 0 Å². The largest absolute Gasteiger partial charge is 0.481 e. The number of nitrogens with zero attached hydrogens (tertiary/aromatic N) is 1.